The summed E-state index contributed by atoms with van der Waals surface area (Å²) < 4.78 is 4.56. The molecular formula is C24H29N3. The Kier molecular flexibility index (Phi) is 4.77. The highest BCUT2D eigenvalue weighted by atomic mass is 15.0. The molecule has 2 aromatic carbocycles. The minimum atomic E-state index is 0.551. The van der Waals surface area contributed by atoms with E-state index < -0.39 is 0 Å². The molecule has 2 heterocycles. The molecule has 0 N–H and O–H groups in total. The first kappa shape index (κ1) is 17.8. The van der Waals surface area contributed by atoms with Gasteiger partial charge in [-0.2, -0.15) is 0 Å². The van der Waals surface area contributed by atoms with Crippen molar-refractivity contribution >= 4 is 21.9 Å². The molecule has 0 aliphatic heterocycles. The highest BCUT2D eigenvalue weighted by molar-refractivity contribution is 5.84. The number of imidazole rings is 1. The zero-order valence-corrected chi connectivity index (χ0v) is 16.8. The van der Waals surface area contributed by atoms with Crippen LogP contribution in [0.1, 0.15) is 31.9 Å². The van der Waals surface area contributed by atoms with Crippen LogP contribution in [0.2, 0.25) is 0 Å². The van der Waals surface area contributed by atoms with Crippen molar-refractivity contribution < 1.29 is 0 Å². The number of aromatic nitrogens is 3. The van der Waals surface area contributed by atoms with Crippen LogP contribution < -0.4 is 0 Å². The largest absolute Gasteiger partial charge is 0.350 e. The minimum absolute atomic E-state index is 0.551. The van der Waals surface area contributed by atoms with E-state index >= 15 is 0 Å². The molecule has 3 nitrogen and oxygen atoms in total. The molecule has 0 aliphatic rings. The smallest absolute Gasteiger partial charge is 0.0958 e. The highest BCUT2D eigenvalue weighted by Crippen LogP contribution is 2.25. The Morgan fingerprint density at radius 2 is 1.78 bits per heavy atom. The summed E-state index contributed by atoms with van der Waals surface area (Å²) in [5.41, 5.74) is 6.53. The Balaban J connectivity index is 1.53. The van der Waals surface area contributed by atoms with E-state index in [9.17, 15) is 0 Å². The molecule has 1 unspecified atom stereocenters. The van der Waals surface area contributed by atoms with E-state index in [1.165, 1.54) is 27.5 Å². The van der Waals surface area contributed by atoms with Crippen molar-refractivity contribution in [1.82, 2.24) is 14.1 Å². The van der Waals surface area contributed by atoms with Crippen molar-refractivity contribution in [2.45, 2.75) is 40.2 Å². The zero-order chi connectivity index (χ0) is 19.0. The van der Waals surface area contributed by atoms with Crippen molar-refractivity contribution in [1.29, 1.82) is 0 Å². The summed E-state index contributed by atoms with van der Waals surface area (Å²) in [7, 11) is 2.16. The Bertz CT molecular complexity index is 1070. The Morgan fingerprint density at radius 3 is 2.59 bits per heavy atom. The van der Waals surface area contributed by atoms with Crippen molar-refractivity contribution in [2.75, 3.05) is 0 Å². The van der Waals surface area contributed by atoms with Gasteiger partial charge >= 0.3 is 0 Å². The quantitative estimate of drug-likeness (QED) is 0.439. The van der Waals surface area contributed by atoms with Gasteiger partial charge in [0, 0.05) is 30.7 Å². The van der Waals surface area contributed by atoms with Gasteiger partial charge in [0.25, 0.3) is 0 Å². The third kappa shape index (κ3) is 3.64. The van der Waals surface area contributed by atoms with Gasteiger partial charge in [-0.25, -0.2) is 4.98 Å². The van der Waals surface area contributed by atoms with Gasteiger partial charge in [0.2, 0.25) is 0 Å². The summed E-state index contributed by atoms with van der Waals surface area (Å²) in [5.74, 6) is 1.23. The molecule has 0 radical (unpaired) electrons. The summed E-state index contributed by atoms with van der Waals surface area (Å²) in [6, 6.07) is 15.4. The van der Waals surface area contributed by atoms with Crippen molar-refractivity contribution in [3.05, 3.63) is 66.1 Å². The fourth-order valence-electron chi connectivity index (χ4n) is 4.20. The lowest BCUT2D eigenvalue weighted by Gasteiger charge is -2.14. The van der Waals surface area contributed by atoms with Crippen LogP contribution in [0.4, 0.5) is 0 Å². The Labute approximate surface area is 161 Å². The molecule has 1 atom stereocenters. The summed E-state index contributed by atoms with van der Waals surface area (Å²) in [6.45, 7) is 7.89. The molecular weight excluding hydrogens is 330 g/mol. The van der Waals surface area contributed by atoms with Crippen LogP contribution >= 0.6 is 0 Å². The molecule has 0 saturated carbocycles. The highest BCUT2D eigenvalue weighted by Gasteiger charge is 2.12. The first-order valence-corrected chi connectivity index (χ1v) is 9.98. The molecule has 4 rings (SSSR count). The lowest BCUT2D eigenvalue weighted by Crippen LogP contribution is -2.09. The first-order chi connectivity index (χ1) is 13.0. The topological polar surface area (TPSA) is 22.8 Å². The number of nitrogens with zero attached hydrogens (tertiary/aromatic N) is 3. The van der Waals surface area contributed by atoms with Gasteiger partial charge in [-0.05, 0) is 54.0 Å². The van der Waals surface area contributed by atoms with E-state index in [0.717, 1.165) is 24.9 Å². The summed E-state index contributed by atoms with van der Waals surface area (Å²) in [5, 5.41) is 1.41. The molecule has 0 spiro atoms. The van der Waals surface area contributed by atoms with Crippen LogP contribution in [-0.2, 0) is 26.4 Å². The van der Waals surface area contributed by atoms with Gasteiger partial charge in [0.15, 0.2) is 0 Å². The number of hydrogen-bond acceptors (Lipinski definition) is 1. The van der Waals surface area contributed by atoms with Gasteiger partial charge < -0.3 is 9.13 Å². The maximum absolute atomic E-state index is 4.52. The van der Waals surface area contributed by atoms with Gasteiger partial charge in [0.1, 0.15) is 0 Å². The number of hydrogen-bond donors (Lipinski definition) is 0. The summed E-state index contributed by atoms with van der Waals surface area (Å²) in [4.78, 5) is 4.52. The van der Waals surface area contributed by atoms with Gasteiger partial charge in [0.05, 0.1) is 17.4 Å². The predicted octanol–water partition coefficient (Wildman–Crippen LogP) is 5.61. The monoisotopic (exact) mass is 359 g/mol. The van der Waals surface area contributed by atoms with E-state index in [2.05, 4.69) is 84.5 Å². The SMILES string of the molecule is CC(C)Cc1cn(C)c2cc(CC(C)Cn3cnc4ccccc43)ccc12. The lowest BCUT2D eigenvalue weighted by atomic mass is 9.98. The normalized spacial score (nSPS) is 13.1. The average molecular weight is 360 g/mol. The van der Waals surface area contributed by atoms with Crippen molar-refractivity contribution in [3.8, 4) is 0 Å². The molecule has 140 valence electrons. The maximum atomic E-state index is 4.52. The predicted molar refractivity (Wildman–Crippen MR) is 114 cm³/mol. The lowest BCUT2D eigenvalue weighted by molar-refractivity contribution is 0.487. The number of fused-ring (bicyclic) bond motifs is 2. The molecule has 0 amide bonds. The second-order valence-electron chi connectivity index (χ2n) is 8.41. The van der Waals surface area contributed by atoms with Gasteiger partial charge in [-0.1, -0.05) is 45.0 Å². The van der Waals surface area contributed by atoms with Crippen LogP contribution in [0, 0.1) is 11.8 Å². The maximum Gasteiger partial charge on any atom is 0.0958 e. The van der Waals surface area contributed by atoms with Gasteiger partial charge in [-0.15, -0.1) is 0 Å². The molecule has 3 heteroatoms. The van der Waals surface area contributed by atoms with E-state index in [1.807, 2.05) is 12.4 Å². The Morgan fingerprint density at radius 1 is 0.963 bits per heavy atom. The van der Waals surface area contributed by atoms with Crippen molar-refractivity contribution in [3.63, 3.8) is 0 Å². The van der Waals surface area contributed by atoms with Crippen LogP contribution in [0.3, 0.4) is 0 Å². The second kappa shape index (κ2) is 7.22. The van der Waals surface area contributed by atoms with Crippen molar-refractivity contribution in [2.24, 2.45) is 18.9 Å². The van der Waals surface area contributed by atoms with E-state index in [-0.39, 0.29) is 0 Å². The fraction of sp³-hybridized carbons (Fsp3) is 0.375. The van der Waals surface area contributed by atoms with E-state index in [1.54, 1.807) is 0 Å². The summed E-state index contributed by atoms with van der Waals surface area (Å²) >= 11 is 0. The first-order valence-electron chi connectivity index (χ1n) is 9.98. The summed E-state index contributed by atoms with van der Waals surface area (Å²) in [6.07, 6.45) is 6.49. The molecule has 0 fully saturated rings. The van der Waals surface area contributed by atoms with E-state index in [0.29, 0.717) is 11.8 Å². The molecule has 2 aromatic heterocycles. The molecule has 4 aromatic rings. The number of rotatable bonds is 6. The molecule has 0 bridgehead atoms. The standard InChI is InChI=1S/C24H29N3/c1-17(2)11-20-15-26(4)24-13-19(9-10-21(20)24)12-18(3)14-27-16-25-22-7-5-6-8-23(22)27/h5-10,13,15-18H,11-12,14H2,1-4H3. The van der Waals surface area contributed by atoms with Crippen LogP contribution in [0.25, 0.3) is 21.9 Å². The van der Waals surface area contributed by atoms with Gasteiger partial charge in [-0.3, -0.25) is 0 Å². The molecule has 0 saturated heterocycles. The number of benzene rings is 2. The Hall–Kier alpha value is -2.55. The number of aryl methyl sites for hydroxylation is 1. The van der Waals surface area contributed by atoms with Crippen LogP contribution in [0.15, 0.2) is 55.0 Å². The molecule has 27 heavy (non-hydrogen) atoms. The van der Waals surface area contributed by atoms with Crippen LogP contribution in [-0.4, -0.2) is 14.1 Å². The zero-order valence-electron chi connectivity index (χ0n) is 16.8. The third-order valence-corrected chi connectivity index (χ3v) is 5.39. The molecule has 0 aliphatic carbocycles. The second-order valence-corrected chi connectivity index (χ2v) is 8.41. The minimum Gasteiger partial charge on any atom is -0.350 e. The third-order valence-electron chi connectivity index (χ3n) is 5.39. The fourth-order valence-corrected chi connectivity index (χ4v) is 4.20. The average Bonchev–Trinajstić information content (AvgIpc) is 3.16. The number of para-hydroxylation sites is 2. The van der Waals surface area contributed by atoms with Crippen LogP contribution in [0.5, 0.6) is 0 Å². The van der Waals surface area contributed by atoms with E-state index in [4.69, 9.17) is 0 Å².